The lowest BCUT2D eigenvalue weighted by molar-refractivity contribution is -0.0638. The molecule has 4 saturated carbocycles. The van der Waals surface area contributed by atoms with Crippen molar-refractivity contribution in [2.45, 2.75) is 58.9 Å². The Hall–Kier alpha value is -4.45. The fourth-order valence-corrected chi connectivity index (χ4v) is 9.29. The van der Waals surface area contributed by atoms with Crippen molar-refractivity contribution >= 4 is 50.2 Å². The van der Waals surface area contributed by atoms with Crippen LogP contribution >= 0.6 is 11.3 Å². The van der Waals surface area contributed by atoms with Crippen LogP contribution in [0.3, 0.4) is 0 Å². The van der Waals surface area contributed by atoms with Crippen LogP contribution in [-0.2, 0) is 6.54 Å². The van der Waals surface area contributed by atoms with Crippen LogP contribution in [0.2, 0.25) is 0 Å². The zero-order valence-electron chi connectivity index (χ0n) is 25.6. The maximum Gasteiger partial charge on any atom is 0.355 e. The van der Waals surface area contributed by atoms with Gasteiger partial charge in [-0.2, -0.15) is 5.10 Å². The Balaban J connectivity index is 1.03. The molecule has 4 aliphatic rings. The Kier molecular flexibility index (Phi) is 6.59. The topological polar surface area (TPSA) is 135 Å². The minimum Gasteiger partial charge on any atom is -0.476 e. The van der Waals surface area contributed by atoms with E-state index in [1.807, 2.05) is 50.4 Å². The SMILES string of the molecule is Cc1cc(N(C)c2ccc(-c3cnn(CC45CC6CC(CC(C6)C4)C5)c3C)c(C(=O)O)n2)nnc1Nc1nc2cccnc2s1. The number of aryl methyl sites for hydroxylation is 1. The third-order valence-electron chi connectivity index (χ3n) is 10.2. The van der Waals surface area contributed by atoms with Crippen molar-refractivity contribution in [1.29, 1.82) is 0 Å². The summed E-state index contributed by atoms with van der Waals surface area (Å²) in [6.45, 7) is 4.90. The molecule has 0 unspecified atom stereocenters. The average Bonchev–Trinajstić information content (AvgIpc) is 3.58. The van der Waals surface area contributed by atoms with Crippen molar-refractivity contribution in [2.75, 3.05) is 17.3 Å². The van der Waals surface area contributed by atoms with Crippen molar-refractivity contribution in [2.24, 2.45) is 23.2 Å². The number of pyridine rings is 2. The van der Waals surface area contributed by atoms with Gasteiger partial charge in [0.25, 0.3) is 0 Å². The first-order chi connectivity index (χ1) is 21.7. The molecule has 0 spiro atoms. The van der Waals surface area contributed by atoms with E-state index in [1.54, 1.807) is 18.1 Å². The van der Waals surface area contributed by atoms with E-state index in [9.17, 15) is 9.90 Å². The minimum absolute atomic E-state index is 0.00998. The summed E-state index contributed by atoms with van der Waals surface area (Å²) in [6.07, 6.45) is 11.7. The number of aromatic nitrogens is 7. The van der Waals surface area contributed by atoms with Gasteiger partial charge in [-0.05, 0) is 111 Å². The van der Waals surface area contributed by atoms with E-state index in [-0.39, 0.29) is 5.69 Å². The summed E-state index contributed by atoms with van der Waals surface area (Å²) in [5.41, 5.74) is 4.38. The van der Waals surface area contributed by atoms with E-state index < -0.39 is 5.97 Å². The summed E-state index contributed by atoms with van der Waals surface area (Å²) >= 11 is 1.45. The molecule has 4 aliphatic carbocycles. The van der Waals surface area contributed by atoms with Gasteiger partial charge in [0, 0.05) is 36.6 Å². The number of anilines is 4. The average molecular weight is 622 g/mol. The molecule has 2 N–H and O–H groups in total. The van der Waals surface area contributed by atoms with Gasteiger partial charge in [0.05, 0.1) is 6.20 Å². The second-order valence-electron chi connectivity index (χ2n) is 13.4. The smallest absolute Gasteiger partial charge is 0.355 e. The van der Waals surface area contributed by atoms with Gasteiger partial charge in [-0.1, -0.05) is 11.3 Å². The fourth-order valence-electron chi connectivity index (χ4n) is 8.49. The molecule has 0 aliphatic heterocycles. The fraction of sp³-hybridized carbons (Fsp3) is 0.424. The number of carbonyl (C=O) groups is 1. The number of thiazole rings is 1. The van der Waals surface area contributed by atoms with Crippen LogP contribution < -0.4 is 10.2 Å². The van der Waals surface area contributed by atoms with Gasteiger partial charge in [0.1, 0.15) is 16.2 Å². The van der Waals surface area contributed by atoms with Crippen LogP contribution in [0.4, 0.5) is 22.6 Å². The molecule has 4 fully saturated rings. The zero-order chi connectivity index (χ0) is 30.9. The number of hydrogen-bond acceptors (Lipinski definition) is 10. The number of nitrogens with one attached hydrogen (secondary N) is 1. The molecule has 5 heterocycles. The first kappa shape index (κ1) is 28.1. The first-order valence-corrected chi connectivity index (χ1v) is 16.4. The number of aromatic carboxylic acids is 1. The van der Waals surface area contributed by atoms with E-state index >= 15 is 0 Å². The second kappa shape index (κ2) is 10.6. The Morgan fingerprint density at radius 2 is 1.80 bits per heavy atom. The first-order valence-electron chi connectivity index (χ1n) is 15.6. The van der Waals surface area contributed by atoms with Gasteiger partial charge in [-0.3, -0.25) is 4.68 Å². The summed E-state index contributed by atoms with van der Waals surface area (Å²) < 4.78 is 2.12. The molecule has 0 amide bonds. The standard InChI is InChI=1S/C33H35N9O2S/c1-18-9-27(39-40-29(18)38-32-36-25-5-4-8-34-30(25)45-32)41(3)26-7-6-23(28(37-26)31(43)44)24-16-35-42(19(24)2)17-33-13-20-10-21(14-33)12-22(11-20)15-33/h4-9,16,20-22H,10-15,17H2,1-3H3,(H,43,44)(H,36,38,40). The van der Waals surface area contributed by atoms with E-state index in [4.69, 9.17) is 5.10 Å². The van der Waals surface area contributed by atoms with Crippen molar-refractivity contribution < 1.29 is 9.90 Å². The molecule has 5 aromatic heterocycles. The van der Waals surface area contributed by atoms with Crippen LogP contribution in [0.15, 0.2) is 42.7 Å². The predicted molar refractivity (Wildman–Crippen MR) is 173 cm³/mol. The monoisotopic (exact) mass is 621 g/mol. The van der Waals surface area contributed by atoms with Gasteiger partial charge in [-0.15, -0.1) is 10.2 Å². The lowest BCUT2D eigenvalue weighted by Crippen LogP contribution is -2.48. The third-order valence-corrected chi connectivity index (χ3v) is 11.1. The molecule has 0 saturated heterocycles. The van der Waals surface area contributed by atoms with E-state index in [1.165, 1.54) is 49.9 Å². The van der Waals surface area contributed by atoms with Crippen LogP contribution in [0.25, 0.3) is 21.5 Å². The summed E-state index contributed by atoms with van der Waals surface area (Å²) in [5, 5.41) is 27.7. The summed E-state index contributed by atoms with van der Waals surface area (Å²) in [4.78, 5) is 28.6. The molecular weight excluding hydrogens is 586 g/mol. The van der Waals surface area contributed by atoms with Crippen LogP contribution in [0.5, 0.6) is 0 Å². The molecule has 5 aromatic rings. The molecule has 45 heavy (non-hydrogen) atoms. The molecule has 0 atom stereocenters. The minimum atomic E-state index is -1.08. The molecule has 9 rings (SSSR count). The predicted octanol–water partition coefficient (Wildman–Crippen LogP) is 6.78. The van der Waals surface area contributed by atoms with E-state index in [0.717, 1.165) is 51.5 Å². The Morgan fingerprint density at radius 3 is 2.49 bits per heavy atom. The normalized spacial score (nSPS) is 23.5. The zero-order valence-corrected chi connectivity index (χ0v) is 26.4. The highest BCUT2D eigenvalue weighted by atomic mass is 32.1. The molecule has 4 bridgehead atoms. The van der Waals surface area contributed by atoms with Crippen LogP contribution in [-0.4, -0.2) is 53.1 Å². The van der Waals surface area contributed by atoms with Crippen LogP contribution in [0.1, 0.15) is 60.3 Å². The van der Waals surface area contributed by atoms with Gasteiger partial charge in [0.2, 0.25) is 0 Å². The Morgan fingerprint density at radius 1 is 1.04 bits per heavy atom. The molecule has 230 valence electrons. The second-order valence-corrected chi connectivity index (χ2v) is 14.3. The van der Waals surface area contributed by atoms with Gasteiger partial charge >= 0.3 is 5.97 Å². The molecule has 0 aromatic carbocycles. The highest BCUT2D eigenvalue weighted by Gasteiger charge is 2.51. The largest absolute Gasteiger partial charge is 0.476 e. The number of nitrogens with zero attached hydrogens (tertiary/aromatic N) is 8. The van der Waals surface area contributed by atoms with E-state index in [0.29, 0.717) is 33.6 Å². The molecule has 11 nitrogen and oxygen atoms in total. The van der Waals surface area contributed by atoms with Crippen molar-refractivity contribution in [3.8, 4) is 11.1 Å². The van der Waals surface area contributed by atoms with Crippen LogP contribution in [0, 0.1) is 37.0 Å². The highest BCUT2D eigenvalue weighted by Crippen LogP contribution is 2.60. The quantitative estimate of drug-likeness (QED) is 0.191. The third kappa shape index (κ3) is 5.01. The van der Waals surface area contributed by atoms with Crippen molar-refractivity contribution in [3.05, 3.63) is 59.7 Å². The number of rotatable bonds is 8. The lowest BCUT2D eigenvalue weighted by Gasteiger charge is -2.56. The molecule has 0 radical (unpaired) electrons. The maximum absolute atomic E-state index is 12.5. The summed E-state index contributed by atoms with van der Waals surface area (Å²) in [5.74, 6) is 3.12. The molecular formula is C33H35N9O2S. The number of carboxylic acid groups (broad SMARTS) is 1. The summed E-state index contributed by atoms with van der Waals surface area (Å²) in [6, 6.07) is 9.32. The van der Waals surface area contributed by atoms with Gasteiger partial charge in [0.15, 0.2) is 22.5 Å². The number of hydrogen-bond donors (Lipinski definition) is 2. The van der Waals surface area contributed by atoms with Crippen molar-refractivity contribution in [3.63, 3.8) is 0 Å². The Labute approximate surface area is 264 Å². The molecule has 12 heteroatoms. The number of fused-ring (bicyclic) bond motifs is 1. The van der Waals surface area contributed by atoms with Gasteiger partial charge < -0.3 is 15.3 Å². The van der Waals surface area contributed by atoms with Crippen molar-refractivity contribution in [1.82, 2.24) is 34.9 Å². The highest BCUT2D eigenvalue weighted by molar-refractivity contribution is 7.21. The maximum atomic E-state index is 12.5. The number of carboxylic acids is 1. The summed E-state index contributed by atoms with van der Waals surface area (Å²) in [7, 11) is 1.80. The van der Waals surface area contributed by atoms with Gasteiger partial charge in [-0.25, -0.2) is 19.7 Å². The Bertz CT molecular complexity index is 1880. The lowest BCUT2D eigenvalue weighted by atomic mass is 9.49. The van der Waals surface area contributed by atoms with E-state index in [2.05, 4.69) is 35.1 Å².